The first-order valence-electron chi connectivity index (χ1n) is 8.70. The Bertz CT molecular complexity index is 914. The third kappa shape index (κ3) is 5.33. The van der Waals surface area contributed by atoms with Crippen LogP contribution in [0.25, 0.3) is 0 Å². The highest BCUT2D eigenvalue weighted by molar-refractivity contribution is 9.10. The van der Waals surface area contributed by atoms with Crippen molar-refractivity contribution in [1.29, 1.82) is 0 Å². The van der Waals surface area contributed by atoms with Crippen LogP contribution in [0.2, 0.25) is 5.02 Å². The zero-order valence-corrected chi connectivity index (χ0v) is 18.0. The van der Waals surface area contributed by atoms with Gasteiger partial charge in [-0.3, -0.25) is 0 Å². The number of benzene rings is 3. The van der Waals surface area contributed by atoms with Crippen molar-refractivity contribution in [2.75, 3.05) is 19.5 Å². The lowest BCUT2D eigenvalue weighted by molar-refractivity contribution is 0.282. The lowest BCUT2D eigenvalue weighted by atomic mass is 10.2. The van der Waals surface area contributed by atoms with Crippen molar-refractivity contribution in [3.05, 3.63) is 81.3 Å². The summed E-state index contributed by atoms with van der Waals surface area (Å²) in [5.41, 5.74) is 3.11. The van der Waals surface area contributed by atoms with Crippen LogP contribution in [0, 0.1) is 0 Å². The summed E-state index contributed by atoms with van der Waals surface area (Å²) < 4.78 is 17.5. The summed E-state index contributed by atoms with van der Waals surface area (Å²) in [5, 5.41) is 4.09. The van der Waals surface area contributed by atoms with Gasteiger partial charge in [-0.25, -0.2) is 0 Å². The Hall–Kier alpha value is -2.37. The highest BCUT2D eigenvalue weighted by atomic mass is 79.9. The number of rotatable bonds is 8. The zero-order valence-electron chi connectivity index (χ0n) is 15.7. The molecule has 0 heterocycles. The quantitative estimate of drug-likeness (QED) is 0.426. The largest absolute Gasteiger partial charge is 0.497 e. The van der Waals surface area contributed by atoms with Crippen LogP contribution in [0.1, 0.15) is 11.1 Å². The molecule has 0 atom stereocenters. The van der Waals surface area contributed by atoms with Gasteiger partial charge in [0.2, 0.25) is 0 Å². The molecule has 0 aliphatic heterocycles. The SMILES string of the molecule is COc1ccc(NCc2cc(Br)c(OCc3ccc(Cl)cc3)c(OC)c2)cc1. The molecule has 0 fully saturated rings. The van der Waals surface area contributed by atoms with Crippen molar-refractivity contribution in [2.24, 2.45) is 0 Å². The molecule has 0 spiro atoms. The molecule has 0 saturated heterocycles. The maximum atomic E-state index is 5.98. The van der Waals surface area contributed by atoms with Crippen molar-refractivity contribution >= 4 is 33.2 Å². The topological polar surface area (TPSA) is 39.7 Å². The monoisotopic (exact) mass is 461 g/mol. The van der Waals surface area contributed by atoms with Gasteiger partial charge in [-0.15, -0.1) is 0 Å². The lowest BCUT2D eigenvalue weighted by Crippen LogP contribution is -2.03. The third-order valence-electron chi connectivity index (χ3n) is 4.17. The summed E-state index contributed by atoms with van der Waals surface area (Å²) in [6, 6.07) is 19.4. The van der Waals surface area contributed by atoms with Crippen LogP contribution < -0.4 is 19.5 Å². The van der Waals surface area contributed by atoms with E-state index in [2.05, 4.69) is 21.2 Å². The Kier molecular flexibility index (Phi) is 7.06. The molecule has 0 unspecified atom stereocenters. The summed E-state index contributed by atoms with van der Waals surface area (Å²) in [4.78, 5) is 0. The number of anilines is 1. The van der Waals surface area contributed by atoms with Crippen LogP contribution in [0.4, 0.5) is 5.69 Å². The van der Waals surface area contributed by atoms with E-state index in [4.69, 9.17) is 25.8 Å². The van der Waals surface area contributed by atoms with Gasteiger partial charge in [-0.1, -0.05) is 23.7 Å². The van der Waals surface area contributed by atoms with E-state index in [0.29, 0.717) is 29.7 Å². The molecule has 0 aliphatic rings. The van der Waals surface area contributed by atoms with Gasteiger partial charge in [0.1, 0.15) is 12.4 Å². The second kappa shape index (κ2) is 9.71. The number of hydrogen-bond acceptors (Lipinski definition) is 4. The minimum atomic E-state index is 0.426. The van der Waals surface area contributed by atoms with E-state index in [-0.39, 0.29) is 0 Å². The molecule has 3 rings (SSSR count). The fourth-order valence-corrected chi connectivity index (χ4v) is 3.39. The second-order valence-corrected chi connectivity index (χ2v) is 7.40. The van der Waals surface area contributed by atoms with Crippen LogP contribution in [-0.4, -0.2) is 14.2 Å². The Morgan fingerprint density at radius 1 is 0.893 bits per heavy atom. The Morgan fingerprint density at radius 2 is 1.61 bits per heavy atom. The van der Waals surface area contributed by atoms with Gasteiger partial charge in [0.15, 0.2) is 11.5 Å². The minimum absolute atomic E-state index is 0.426. The van der Waals surface area contributed by atoms with Gasteiger partial charge in [0, 0.05) is 17.3 Å². The third-order valence-corrected chi connectivity index (χ3v) is 5.01. The molecule has 0 aromatic heterocycles. The predicted molar refractivity (Wildman–Crippen MR) is 117 cm³/mol. The standard InChI is InChI=1S/C22H21BrClNO3/c1-26-19-9-7-18(8-10-19)25-13-16-11-20(23)22(21(12-16)27-2)28-14-15-3-5-17(24)6-4-15/h3-12,25H,13-14H2,1-2H3. The number of nitrogens with one attached hydrogen (secondary N) is 1. The first-order valence-corrected chi connectivity index (χ1v) is 9.87. The van der Waals surface area contributed by atoms with Gasteiger partial charge in [-0.2, -0.15) is 0 Å². The maximum absolute atomic E-state index is 5.98. The van der Waals surface area contributed by atoms with Crippen LogP contribution in [0.5, 0.6) is 17.2 Å². The summed E-state index contributed by atoms with van der Waals surface area (Å²) in [6.07, 6.45) is 0. The Labute approximate surface area is 178 Å². The van der Waals surface area contributed by atoms with Crippen molar-refractivity contribution in [3.63, 3.8) is 0 Å². The Balaban J connectivity index is 1.68. The molecular formula is C22H21BrClNO3. The molecule has 146 valence electrons. The van der Waals surface area contributed by atoms with E-state index < -0.39 is 0 Å². The molecule has 3 aromatic carbocycles. The normalized spacial score (nSPS) is 10.4. The van der Waals surface area contributed by atoms with Crippen molar-refractivity contribution in [1.82, 2.24) is 0 Å². The molecule has 0 aliphatic carbocycles. The van der Waals surface area contributed by atoms with Crippen LogP contribution >= 0.6 is 27.5 Å². The van der Waals surface area contributed by atoms with Crippen LogP contribution in [-0.2, 0) is 13.2 Å². The molecule has 0 saturated carbocycles. The summed E-state index contributed by atoms with van der Waals surface area (Å²) >= 11 is 9.53. The molecule has 3 aromatic rings. The average Bonchev–Trinajstić information content (AvgIpc) is 2.72. The van der Waals surface area contributed by atoms with Crippen molar-refractivity contribution < 1.29 is 14.2 Å². The molecule has 0 bridgehead atoms. The molecule has 0 radical (unpaired) electrons. The lowest BCUT2D eigenvalue weighted by Gasteiger charge is -2.15. The van der Waals surface area contributed by atoms with Crippen LogP contribution in [0.3, 0.4) is 0 Å². The fourth-order valence-electron chi connectivity index (χ4n) is 2.66. The fraction of sp³-hybridized carbons (Fsp3) is 0.182. The van der Waals surface area contributed by atoms with Crippen molar-refractivity contribution in [2.45, 2.75) is 13.2 Å². The van der Waals surface area contributed by atoms with Gasteiger partial charge in [0.05, 0.1) is 18.7 Å². The molecule has 4 nitrogen and oxygen atoms in total. The molecule has 28 heavy (non-hydrogen) atoms. The average molecular weight is 463 g/mol. The molecular weight excluding hydrogens is 442 g/mol. The maximum Gasteiger partial charge on any atom is 0.175 e. The van der Waals surface area contributed by atoms with Crippen molar-refractivity contribution in [3.8, 4) is 17.2 Å². The first kappa shape index (κ1) is 20.4. The minimum Gasteiger partial charge on any atom is -0.497 e. The number of hydrogen-bond donors (Lipinski definition) is 1. The van der Waals surface area contributed by atoms with Crippen LogP contribution in [0.15, 0.2) is 65.1 Å². The van der Waals surface area contributed by atoms with Gasteiger partial charge >= 0.3 is 0 Å². The van der Waals surface area contributed by atoms with E-state index in [9.17, 15) is 0 Å². The molecule has 1 N–H and O–H groups in total. The molecule has 0 amide bonds. The van der Waals surface area contributed by atoms with E-state index in [1.807, 2.05) is 60.7 Å². The van der Waals surface area contributed by atoms with E-state index in [0.717, 1.165) is 27.0 Å². The summed E-state index contributed by atoms with van der Waals surface area (Å²) in [5.74, 6) is 2.18. The van der Waals surface area contributed by atoms with E-state index in [1.54, 1.807) is 14.2 Å². The van der Waals surface area contributed by atoms with Gasteiger partial charge in [0.25, 0.3) is 0 Å². The second-order valence-electron chi connectivity index (χ2n) is 6.11. The summed E-state index contributed by atoms with van der Waals surface area (Å²) in [6.45, 7) is 1.08. The number of halogens is 2. The summed E-state index contributed by atoms with van der Waals surface area (Å²) in [7, 11) is 3.29. The predicted octanol–water partition coefficient (Wildman–Crippen LogP) is 6.31. The van der Waals surface area contributed by atoms with E-state index >= 15 is 0 Å². The smallest absolute Gasteiger partial charge is 0.175 e. The number of ether oxygens (including phenoxy) is 3. The first-order chi connectivity index (χ1) is 13.6. The zero-order chi connectivity index (χ0) is 19.9. The highest BCUT2D eigenvalue weighted by Crippen LogP contribution is 2.37. The van der Waals surface area contributed by atoms with Gasteiger partial charge < -0.3 is 19.5 Å². The number of methoxy groups -OCH3 is 2. The van der Waals surface area contributed by atoms with E-state index in [1.165, 1.54) is 0 Å². The highest BCUT2D eigenvalue weighted by Gasteiger charge is 2.12. The molecule has 6 heteroatoms. The Morgan fingerprint density at radius 3 is 2.25 bits per heavy atom. The van der Waals surface area contributed by atoms with Gasteiger partial charge in [-0.05, 0) is 75.6 Å².